The van der Waals surface area contributed by atoms with Crippen LogP contribution in [-0.4, -0.2) is 21.0 Å². The van der Waals surface area contributed by atoms with Crippen LogP contribution in [0.4, 0.5) is 0 Å². The van der Waals surface area contributed by atoms with Gasteiger partial charge in [-0.2, -0.15) is 0 Å². The average molecular weight is 322 g/mol. The number of carboxylic acid groups (broad SMARTS) is 1. The molecule has 0 spiro atoms. The van der Waals surface area contributed by atoms with Crippen molar-refractivity contribution in [1.82, 2.24) is 9.97 Å². The van der Waals surface area contributed by atoms with Crippen LogP contribution in [0.25, 0.3) is 10.2 Å². The van der Waals surface area contributed by atoms with Crippen LogP contribution in [0.1, 0.15) is 20.1 Å². The topological polar surface area (TPSA) is 63.1 Å². The molecule has 0 amide bonds. The molecule has 1 N–H and O–H groups in total. The lowest BCUT2D eigenvalue weighted by atomic mass is 10.2. The summed E-state index contributed by atoms with van der Waals surface area (Å²) in [7, 11) is 0. The van der Waals surface area contributed by atoms with Crippen molar-refractivity contribution >= 4 is 50.6 Å². The van der Waals surface area contributed by atoms with E-state index in [4.69, 9.17) is 5.11 Å². The number of rotatable bonds is 3. The number of aryl methyl sites for hydroxylation is 2. The standard InChI is InChI=1S/C13H10N2O2S3/c1-6-7(2)19-11-10(6)12(15-5-14-11)20-8-3-9(13(16)17)18-4-8/h3-5H,1-2H3,(H,16,17). The van der Waals surface area contributed by atoms with Crippen LogP contribution in [0.2, 0.25) is 0 Å². The molecule has 0 aliphatic heterocycles. The highest BCUT2D eigenvalue weighted by molar-refractivity contribution is 7.99. The van der Waals surface area contributed by atoms with E-state index in [1.165, 1.54) is 33.5 Å². The van der Waals surface area contributed by atoms with Crippen molar-refractivity contribution in [2.75, 3.05) is 0 Å². The summed E-state index contributed by atoms with van der Waals surface area (Å²) in [6, 6.07) is 1.68. The number of hydrogen-bond acceptors (Lipinski definition) is 6. The molecule has 3 aromatic rings. The van der Waals surface area contributed by atoms with Gasteiger partial charge in [-0.15, -0.1) is 22.7 Å². The molecule has 7 heteroatoms. The molecule has 0 radical (unpaired) electrons. The fourth-order valence-corrected chi connectivity index (χ4v) is 4.76. The lowest BCUT2D eigenvalue weighted by molar-refractivity contribution is 0.0702. The number of hydrogen-bond donors (Lipinski definition) is 1. The predicted octanol–water partition coefficient (Wildman–Crippen LogP) is 4.22. The maximum Gasteiger partial charge on any atom is 0.345 e. The van der Waals surface area contributed by atoms with Gasteiger partial charge >= 0.3 is 5.97 Å². The van der Waals surface area contributed by atoms with Crippen LogP contribution in [0.15, 0.2) is 27.7 Å². The molecule has 3 heterocycles. The largest absolute Gasteiger partial charge is 0.477 e. The van der Waals surface area contributed by atoms with Crippen LogP contribution in [-0.2, 0) is 0 Å². The molecule has 0 fully saturated rings. The van der Waals surface area contributed by atoms with E-state index in [0.717, 1.165) is 20.1 Å². The van der Waals surface area contributed by atoms with Gasteiger partial charge in [0, 0.05) is 20.5 Å². The van der Waals surface area contributed by atoms with Gasteiger partial charge in [-0.1, -0.05) is 11.8 Å². The van der Waals surface area contributed by atoms with E-state index in [1.807, 2.05) is 5.38 Å². The Hall–Kier alpha value is -1.44. The Morgan fingerprint density at radius 2 is 2.15 bits per heavy atom. The van der Waals surface area contributed by atoms with Gasteiger partial charge in [0.25, 0.3) is 0 Å². The highest BCUT2D eigenvalue weighted by Crippen LogP contribution is 2.38. The van der Waals surface area contributed by atoms with Gasteiger partial charge in [-0.05, 0) is 25.5 Å². The molecule has 0 aromatic carbocycles. The molecule has 0 bridgehead atoms. The zero-order valence-corrected chi connectivity index (χ0v) is 13.2. The average Bonchev–Trinajstić information content (AvgIpc) is 2.97. The minimum absolute atomic E-state index is 0.344. The minimum Gasteiger partial charge on any atom is -0.477 e. The second kappa shape index (κ2) is 5.16. The summed E-state index contributed by atoms with van der Waals surface area (Å²) >= 11 is 4.37. The Bertz CT molecular complexity index is 807. The first-order valence-electron chi connectivity index (χ1n) is 5.76. The first-order valence-corrected chi connectivity index (χ1v) is 8.28. The number of carboxylic acids is 1. The van der Waals surface area contributed by atoms with Crippen molar-refractivity contribution in [3.05, 3.63) is 33.1 Å². The Balaban J connectivity index is 2.03. The van der Waals surface area contributed by atoms with Crippen LogP contribution in [0.3, 0.4) is 0 Å². The molecular formula is C13H10N2O2S3. The molecule has 4 nitrogen and oxygen atoms in total. The minimum atomic E-state index is -0.891. The number of nitrogens with zero attached hydrogens (tertiary/aromatic N) is 2. The van der Waals surface area contributed by atoms with Gasteiger partial charge < -0.3 is 5.11 Å². The van der Waals surface area contributed by atoms with Gasteiger partial charge in [0.1, 0.15) is 21.1 Å². The maximum absolute atomic E-state index is 10.9. The second-order valence-corrected chi connectivity index (χ2v) is 7.37. The first-order chi connectivity index (χ1) is 9.56. The van der Waals surface area contributed by atoms with Gasteiger partial charge in [0.2, 0.25) is 0 Å². The number of fused-ring (bicyclic) bond motifs is 1. The molecule has 3 aromatic heterocycles. The Morgan fingerprint density at radius 3 is 2.85 bits per heavy atom. The number of carbonyl (C=O) groups is 1. The molecule has 0 saturated heterocycles. The molecule has 3 rings (SSSR count). The van der Waals surface area contributed by atoms with E-state index in [-0.39, 0.29) is 0 Å². The van der Waals surface area contributed by atoms with E-state index >= 15 is 0 Å². The van der Waals surface area contributed by atoms with Gasteiger partial charge in [-0.25, -0.2) is 14.8 Å². The van der Waals surface area contributed by atoms with Crippen LogP contribution in [0.5, 0.6) is 0 Å². The molecule has 20 heavy (non-hydrogen) atoms. The molecule has 0 atom stereocenters. The van der Waals surface area contributed by atoms with E-state index in [1.54, 1.807) is 23.7 Å². The van der Waals surface area contributed by atoms with E-state index in [9.17, 15) is 4.79 Å². The summed E-state index contributed by atoms with van der Waals surface area (Å²) < 4.78 is 0. The van der Waals surface area contributed by atoms with Gasteiger partial charge in [-0.3, -0.25) is 0 Å². The summed E-state index contributed by atoms with van der Waals surface area (Å²) in [6.07, 6.45) is 1.56. The maximum atomic E-state index is 10.9. The quantitative estimate of drug-likeness (QED) is 0.732. The third-order valence-corrected chi connectivity index (χ3v) is 6.09. The highest BCUT2D eigenvalue weighted by atomic mass is 32.2. The third-order valence-electron chi connectivity index (χ3n) is 2.93. The fourth-order valence-electron chi connectivity index (χ4n) is 1.82. The van der Waals surface area contributed by atoms with Crippen molar-refractivity contribution in [2.24, 2.45) is 0 Å². The van der Waals surface area contributed by atoms with Gasteiger partial charge in [0.15, 0.2) is 0 Å². The van der Waals surface area contributed by atoms with Crippen molar-refractivity contribution in [2.45, 2.75) is 23.8 Å². The summed E-state index contributed by atoms with van der Waals surface area (Å²) in [5, 5.41) is 12.8. The van der Waals surface area contributed by atoms with Crippen LogP contribution in [0, 0.1) is 13.8 Å². The Kier molecular flexibility index (Phi) is 3.49. The van der Waals surface area contributed by atoms with E-state index in [2.05, 4.69) is 23.8 Å². The lowest BCUT2D eigenvalue weighted by Gasteiger charge is -2.00. The normalized spacial score (nSPS) is 11.1. The summed E-state index contributed by atoms with van der Waals surface area (Å²) in [5.74, 6) is -0.891. The fraction of sp³-hybridized carbons (Fsp3) is 0.154. The van der Waals surface area contributed by atoms with E-state index < -0.39 is 5.97 Å². The van der Waals surface area contributed by atoms with Gasteiger partial charge in [0.05, 0.1) is 0 Å². The third kappa shape index (κ3) is 2.32. The molecule has 0 aliphatic rings. The zero-order chi connectivity index (χ0) is 14.3. The van der Waals surface area contributed by atoms with Crippen molar-refractivity contribution in [3.8, 4) is 0 Å². The van der Waals surface area contributed by atoms with E-state index in [0.29, 0.717) is 4.88 Å². The molecule has 0 aliphatic carbocycles. The molecule has 102 valence electrons. The highest BCUT2D eigenvalue weighted by Gasteiger charge is 2.14. The number of aromatic nitrogens is 2. The van der Waals surface area contributed by atoms with Crippen LogP contribution < -0.4 is 0 Å². The van der Waals surface area contributed by atoms with Crippen LogP contribution >= 0.6 is 34.4 Å². The van der Waals surface area contributed by atoms with Crippen molar-refractivity contribution in [3.63, 3.8) is 0 Å². The summed E-state index contributed by atoms with van der Waals surface area (Å²) in [6.45, 7) is 4.14. The Labute approximate surface area is 127 Å². The molecule has 0 saturated carbocycles. The Morgan fingerprint density at radius 1 is 1.35 bits per heavy atom. The second-order valence-electron chi connectivity index (χ2n) is 4.20. The zero-order valence-electron chi connectivity index (χ0n) is 10.7. The summed E-state index contributed by atoms with van der Waals surface area (Å²) in [5.41, 5.74) is 1.20. The SMILES string of the molecule is Cc1sc2ncnc(Sc3csc(C(=O)O)c3)c2c1C. The summed E-state index contributed by atoms with van der Waals surface area (Å²) in [4.78, 5) is 23.0. The first kappa shape index (κ1) is 13.5. The molecule has 0 unspecified atom stereocenters. The monoisotopic (exact) mass is 322 g/mol. The van der Waals surface area contributed by atoms with Crippen molar-refractivity contribution in [1.29, 1.82) is 0 Å². The number of aromatic carboxylic acids is 1. The lowest BCUT2D eigenvalue weighted by Crippen LogP contribution is -1.90. The van der Waals surface area contributed by atoms with Crippen molar-refractivity contribution < 1.29 is 9.90 Å². The predicted molar refractivity (Wildman–Crippen MR) is 82.3 cm³/mol. The smallest absolute Gasteiger partial charge is 0.345 e. The number of thiophene rings is 2. The molecular weight excluding hydrogens is 312 g/mol.